The van der Waals surface area contributed by atoms with Gasteiger partial charge in [-0.2, -0.15) is 0 Å². The summed E-state index contributed by atoms with van der Waals surface area (Å²) in [5.41, 5.74) is 8.21. The number of rotatable bonds is 7. The van der Waals surface area contributed by atoms with Gasteiger partial charge in [0.05, 0.1) is 19.8 Å². The number of likely N-dealkylation sites (N-methyl/N-ethyl adjacent to an activating group) is 1. The van der Waals surface area contributed by atoms with E-state index in [1.165, 1.54) is 0 Å². The Bertz CT molecular complexity index is 329. The molecule has 0 spiro atoms. The van der Waals surface area contributed by atoms with Crippen molar-refractivity contribution in [2.45, 2.75) is 13.0 Å². The van der Waals surface area contributed by atoms with E-state index in [4.69, 9.17) is 15.6 Å². The number of aliphatic hydroxyl groups is 1. The van der Waals surface area contributed by atoms with E-state index >= 15 is 0 Å². The molecule has 3 N–H and O–H groups in total. The van der Waals surface area contributed by atoms with Crippen LogP contribution in [-0.2, 0) is 4.74 Å². The second kappa shape index (κ2) is 7.27. The van der Waals surface area contributed by atoms with Crippen LogP contribution in [0.15, 0.2) is 24.3 Å². The molecule has 17 heavy (non-hydrogen) atoms. The van der Waals surface area contributed by atoms with Crippen molar-refractivity contribution in [1.29, 1.82) is 0 Å². The fourth-order valence-electron chi connectivity index (χ4n) is 1.71. The zero-order valence-corrected chi connectivity index (χ0v) is 10.6. The molecule has 0 aliphatic rings. The fourth-order valence-corrected chi connectivity index (χ4v) is 1.71. The lowest BCUT2D eigenvalue weighted by Gasteiger charge is -2.23. The fraction of sp³-hybridized carbons (Fsp3) is 0.538. The molecule has 0 saturated carbocycles. The summed E-state index contributed by atoms with van der Waals surface area (Å²) in [5.74, 6) is 0. The highest BCUT2D eigenvalue weighted by Crippen LogP contribution is 2.23. The molecule has 1 aromatic carbocycles. The maximum absolute atomic E-state index is 8.61. The summed E-state index contributed by atoms with van der Waals surface area (Å²) in [4.78, 5) is 2.12. The van der Waals surface area contributed by atoms with Gasteiger partial charge in [0.1, 0.15) is 0 Å². The molecule has 0 fully saturated rings. The van der Waals surface area contributed by atoms with E-state index in [0.717, 1.165) is 17.8 Å². The van der Waals surface area contributed by atoms with Crippen LogP contribution in [-0.4, -0.2) is 38.5 Å². The molecule has 0 aliphatic heterocycles. The molecule has 0 aromatic heterocycles. The van der Waals surface area contributed by atoms with Crippen molar-refractivity contribution in [1.82, 2.24) is 0 Å². The molecule has 0 radical (unpaired) electrons. The number of nitrogens with zero attached hydrogens (tertiary/aromatic N) is 1. The van der Waals surface area contributed by atoms with Crippen LogP contribution < -0.4 is 10.6 Å². The number of hydrogen-bond acceptors (Lipinski definition) is 4. The van der Waals surface area contributed by atoms with Gasteiger partial charge in [0, 0.05) is 25.3 Å². The van der Waals surface area contributed by atoms with E-state index in [0.29, 0.717) is 13.2 Å². The van der Waals surface area contributed by atoms with E-state index in [1.54, 1.807) is 0 Å². The Balaban J connectivity index is 2.58. The SMILES string of the molecule is C[C@H](N)c1ccccc1N(C)CCOCCO. The summed E-state index contributed by atoms with van der Waals surface area (Å²) >= 11 is 0. The van der Waals surface area contributed by atoms with Crippen molar-refractivity contribution < 1.29 is 9.84 Å². The zero-order chi connectivity index (χ0) is 12.7. The van der Waals surface area contributed by atoms with Gasteiger partial charge in [0.15, 0.2) is 0 Å². The molecule has 4 heteroatoms. The highest BCUT2D eigenvalue weighted by atomic mass is 16.5. The second-order valence-electron chi connectivity index (χ2n) is 4.11. The van der Waals surface area contributed by atoms with Crippen LogP contribution in [0, 0.1) is 0 Å². The first-order valence-electron chi connectivity index (χ1n) is 5.91. The predicted molar refractivity (Wildman–Crippen MR) is 70.2 cm³/mol. The lowest BCUT2D eigenvalue weighted by Crippen LogP contribution is -2.25. The minimum absolute atomic E-state index is 0.0204. The molecule has 1 aromatic rings. The van der Waals surface area contributed by atoms with Crippen molar-refractivity contribution in [3.63, 3.8) is 0 Å². The van der Waals surface area contributed by atoms with Gasteiger partial charge in [0.2, 0.25) is 0 Å². The number of aliphatic hydroxyl groups excluding tert-OH is 1. The van der Waals surface area contributed by atoms with Crippen molar-refractivity contribution in [3.8, 4) is 0 Å². The highest BCUT2D eigenvalue weighted by molar-refractivity contribution is 5.54. The number of nitrogens with two attached hydrogens (primary N) is 1. The lowest BCUT2D eigenvalue weighted by molar-refractivity contribution is 0.0971. The summed E-state index contributed by atoms with van der Waals surface area (Å²) in [6.45, 7) is 3.83. The summed E-state index contributed by atoms with van der Waals surface area (Å²) in [6.07, 6.45) is 0. The molecular formula is C13H22N2O2. The third kappa shape index (κ3) is 4.34. The average molecular weight is 238 g/mol. The highest BCUT2D eigenvalue weighted by Gasteiger charge is 2.09. The number of para-hydroxylation sites is 1. The Kier molecular flexibility index (Phi) is 5.97. The standard InChI is InChI=1S/C13H22N2O2/c1-11(14)12-5-3-4-6-13(12)15(2)7-9-17-10-8-16/h3-6,11,16H,7-10,14H2,1-2H3/t11-/m0/s1. The van der Waals surface area contributed by atoms with Crippen molar-refractivity contribution in [3.05, 3.63) is 29.8 Å². The van der Waals surface area contributed by atoms with E-state index in [9.17, 15) is 0 Å². The molecule has 1 rings (SSSR count). The molecule has 4 nitrogen and oxygen atoms in total. The van der Waals surface area contributed by atoms with Crippen molar-refractivity contribution >= 4 is 5.69 Å². The average Bonchev–Trinajstić information content (AvgIpc) is 2.34. The first-order valence-corrected chi connectivity index (χ1v) is 5.91. The minimum Gasteiger partial charge on any atom is -0.394 e. The first-order chi connectivity index (χ1) is 8.16. The maximum atomic E-state index is 8.61. The zero-order valence-electron chi connectivity index (χ0n) is 10.6. The maximum Gasteiger partial charge on any atom is 0.0698 e. The monoisotopic (exact) mass is 238 g/mol. The minimum atomic E-state index is 0.0204. The van der Waals surface area contributed by atoms with Gasteiger partial charge in [-0.3, -0.25) is 0 Å². The smallest absolute Gasteiger partial charge is 0.0698 e. The van der Waals surface area contributed by atoms with Crippen LogP contribution in [0.3, 0.4) is 0 Å². The molecule has 0 aliphatic carbocycles. The van der Waals surface area contributed by atoms with Gasteiger partial charge in [-0.05, 0) is 18.6 Å². The number of hydrogen-bond donors (Lipinski definition) is 2. The lowest BCUT2D eigenvalue weighted by atomic mass is 10.1. The van der Waals surface area contributed by atoms with E-state index < -0.39 is 0 Å². The third-order valence-electron chi connectivity index (χ3n) is 2.65. The quantitative estimate of drug-likeness (QED) is 0.700. The number of benzene rings is 1. The van der Waals surface area contributed by atoms with E-state index in [2.05, 4.69) is 11.0 Å². The van der Waals surface area contributed by atoms with Gasteiger partial charge in [-0.1, -0.05) is 18.2 Å². The van der Waals surface area contributed by atoms with Crippen molar-refractivity contribution in [2.24, 2.45) is 5.73 Å². The first kappa shape index (κ1) is 14.0. The van der Waals surface area contributed by atoms with E-state index in [-0.39, 0.29) is 12.6 Å². The summed E-state index contributed by atoms with van der Waals surface area (Å²) < 4.78 is 5.25. The molecule has 0 heterocycles. The molecule has 1 atom stereocenters. The van der Waals surface area contributed by atoms with Gasteiger partial charge in [-0.15, -0.1) is 0 Å². The molecule has 96 valence electrons. The van der Waals surface area contributed by atoms with Gasteiger partial charge < -0.3 is 20.5 Å². The topological polar surface area (TPSA) is 58.7 Å². The second-order valence-corrected chi connectivity index (χ2v) is 4.11. The van der Waals surface area contributed by atoms with Crippen LogP contribution in [0.5, 0.6) is 0 Å². The Labute approximate surface area is 103 Å². The van der Waals surface area contributed by atoms with Crippen LogP contribution in [0.4, 0.5) is 5.69 Å². The van der Waals surface area contributed by atoms with Crippen LogP contribution in [0.25, 0.3) is 0 Å². The Morgan fingerprint density at radius 3 is 2.71 bits per heavy atom. The van der Waals surface area contributed by atoms with Crippen LogP contribution in [0.1, 0.15) is 18.5 Å². The van der Waals surface area contributed by atoms with Gasteiger partial charge in [-0.25, -0.2) is 0 Å². The Morgan fingerprint density at radius 1 is 1.35 bits per heavy atom. The predicted octanol–water partition coefficient (Wildman–Crippen LogP) is 1.15. The summed E-state index contributed by atoms with van der Waals surface area (Å²) in [5, 5.41) is 8.61. The van der Waals surface area contributed by atoms with Crippen LogP contribution in [0.2, 0.25) is 0 Å². The largest absolute Gasteiger partial charge is 0.394 e. The van der Waals surface area contributed by atoms with E-state index in [1.807, 2.05) is 32.2 Å². The van der Waals surface area contributed by atoms with Gasteiger partial charge in [0.25, 0.3) is 0 Å². The molecule has 0 unspecified atom stereocenters. The van der Waals surface area contributed by atoms with Crippen LogP contribution >= 0.6 is 0 Å². The molecule has 0 bridgehead atoms. The Hall–Kier alpha value is -1.10. The van der Waals surface area contributed by atoms with Gasteiger partial charge >= 0.3 is 0 Å². The number of ether oxygens (including phenoxy) is 1. The number of anilines is 1. The third-order valence-corrected chi connectivity index (χ3v) is 2.65. The molecule has 0 saturated heterocycles. The molecule has 0 amide bonds. The van der Waals surface area contributed by atoms with Crippen molar-refractivity contribution in [2.75, 3.05) is 38.3 Å². The molecular weight excluding hydrogens is 216 g/mol. The Morgan fingerprint density at radius 2 is 2.06 bits per heavy atom. The summed E-state index contributed by atoms with van der Waals surface area (Å²) in [6, 6.07) is 8.13. The summed E-state index contributed by atoms with van der Waals surface area (Å²) in [7, 11) is 2.02. The normalized spacial score (nSPS) is 12.5.